The van der Waals surface area contributed by atoms with Crippen LogP contribution in [0.1, 0.15) is 30.0 Å². The van der Waals surface area contributed by atoms with Crippen LogP contribution in [0.4, 0.5) is 0 Å². The minimum absolute atomic E-state index is 0.142. The van der Waals surface area contributed by atoms with Crippen molar-refractivity contribution in [2.45, 2.75) is 27.2 Å². The van der Waals surface area contributed by atoms with Crippen molar-refractivity contribution in [2.75, 3.05) is 13.4 Å². The highest BCUT2D eigenvalue weighted by atomic mass is 16.7. The quantitative estimate of drug-likeness (QED) is 0.908. The van der Waals surface area contributed by atoms with Gasteiger partial charge >= 0.3 is 0 Å². The Balaban J connectivity index is 2.21. The third kappa shape index (κ3) is 2.25. The van der Waals surface area contributed by atoms with Crippen molar-refractivity contribution in [3.8, 4) is 5.75 Å². The minimum Gasteiger partial charge on any atom is -0.508 e. The van der Waals surface area contributed by atoms with Gasteiger partial charge in [0.15, 0.2) is 12.6 Å². The first-order valence-electron chi connectivity index (χ1n) is 6.96. The van der Waals surface area contributed by atoms with Gasteiger partial charge in [0.05, 0.1) is 6.61 Å². The molecule has 1 heterocycles. The molecule has 0 fully saturated rings. The number of rotatable bonds is 2. The molecule has 1 N–H and O–H groups in total. The number of aromatic hydroxyl groups is 1. The number of carbonyl (C=O) groups is 1. The number of hydrogen-bond donors (Lipinski definition) is 1. The first-order valence-corrected chi connectivity index (χ1v) is 6.96. The maximum Gasteiger partial charge on any atom is 0.189 e. The molecule has 110 valence electrons. The van der Waals surface area contributed by atoms with Crippen molar-refractivity contribution in [1.29, 1.82) is 0 Å². The third-order valence-electron chi connectivity index (χ3n) is 3.98. The monoisotopic (exact) mass is 286 g/mol. The van der Waals surface area contributed by atoms with Gasteiger partial charge in [0.1, 0.15) is 11.5 Å². The highest BCUT2D eigenvalue weighted by molar-refractivity contribution is 6.09. The molecule has 1 aromatic carbocycles. The van der Waals surface area contributed by atoms with E-state index in [1.807, 2.05) is 20.8 Å². The SMILES string of the molecule is CC1=C(C2=C(c3c(C)cc(O)cc3C)OCOC2)C(=O)C1. The van der Waals surface area contributed by atoms with Crippen LogP contribution in [0, 0.1) is 13.8 Å². The minimum atomic E-state index is 0.142. The lowest BCUT2D eigenvalue weighted by atomic mass is 9.81. The van der Waals surface area contributed by atoms with E-state index in [4.69, 9.17) is 9.47 Å². The van der Waals surface area contributed by atoms with Crippen molar-refractivity contribution in [2.24, 2.45) is 0 Å². The van der Waals surface area contributed by atoms with Crippen LogP contribution in [-0.4, -0.2) is 24.3 Å². The zero-order valence-corrected chi connectivity index (χ0v) is 12.4. The van der Waals surface area contributed by atoms with Gasteiger partial charge < -0.3 is 14.6 Å². The molecule has 1 aromatic rings. The molecular weight excluding hydrogens is 268 g/mol. The summed E-state index contributed by atoms with van der Waals surface area (Å²) in [6, 6.07) is 3.41. The van der Waals surface area contributed by atoms with Crippen LogP contribution in [-0.2, 0) is 14.3 Å². The smallest absolute Gasteiger partial charge is 0.189 e. The third-order valence-corrected chi connectivity index (χ3v) is 3.98. The first-order chi connectivity index (χ1) is 9.99. The summed E-state index contributed by atoms with van der Waals surface area (Å²) in [4.78, 5) is 11.9. The van der Waals surface area contributed by atoms with Gasteiger partial charge in [-0.1, -0.05) is 5.57 Å². The summed E-state index contributed by atoms with van der Waals surface area (Å²) in [6.07, 6.45) is 0.514. The predicted octanol–water partition coefficient (Wildman–Crippen LogP) is 3.01. The molecule has 4 nitrogen and oxygen atoms in total. The second-order valence-corrected chi connectivity index (χ2v) is 5.63. The number of ether oxygens (including phenoxy) is 2. The average molecular weight is 286 g/mol. The van der Waals surface area contributed by atoms with E-state index in [0.29, 0.717) is 18.8 Å². The Morgan fingerprint density at radius 2 is 1.81 bits per heavy atom. The number of phenolic OH excluding ortho intramolecular Hbond substituents is 1. The molecule has 0 amide bonds. The second-order valence-electron chi connectivity index (χ2n) is 5.63. The van der Waals surface area contributed by atoms with Gasteiger partial charge in [-0.2, -0.15) is 0 Å². The van der Waals surface area contributed by atoms with Crippen molar-refractivity contribution in [3.05, 3.63) is 45.5 Å². The Bertz CT molecular complexity index is 672. The Kier molecular flexibility index (Phi) is 3.33. The highest BCUT2D eigenvalue weighted by Gasteiger charge is 2.32. The fourth-order valence-electron chi connectivity index (χ4n) is 3.08. The Labute approximate surface area is 123 Å². The predicted molar refractivity (Wildman–Crippen MR) is 78.7 cm³/mol. The number of allylic oxidation sites excluding steroid dienone is 1. The number of phenols is 1. The van der Waals surface area contributed by atoms with Crippen molar-refractivity contribution in [3.63, 3.8) is 0 Å². The standard InChI is InChI=1S/C17H18O4/c1-9-4-12(18)5-10(2)15(9)17-13(7-20-8-21-17)16-11(3)6-14(16)19/h4-5,18H,6-8H2,1-3H3. The summed E-state index contributed by atoms with van der Waals surface area (Å²) in [5.74, 6) is 1.08. The summed E-state index contributed by atoms with van der Waals surface area (Å²) >= 11 is 0. The second kappa shape index (κ2) is 5.04. The molecule has 0 saturated heterocycles. The Hall–Kier alpha value is -2.07. The van der Waals surface area contributed by atoms with Crippen LogP contribution in [0.5, 0.6) is 5.75 Å². The number of Topliss-reactive ketones (excluding diaryl/α,β-unsaturated/α-hetero) is 1. The molecule has 3 rings (SSSR count). The largest absolute Gasteiger partial charge is 0.508 e. The molecular formula is C17H18O4. The molecule has 0 bridgehead atoms. The average Bonchev–Trinajstić information content (AvgIpc) is 2.39. The molecule has 0 unspecified atom stereocenters. The lowest BCUT2D eigenvalue weighted by molar-refractivity contribution is -0.116. The molecule has 1 aliphatic carbocycles. The van der Waals surface area contributed by atoms with Gasteiger partial charge in [0, 0.05) is 23.1 Å². The highest BCUT2D eigenvalue weighted by Crippen LogP contribution is 2.39. The summed E-state index contributed by atoms with van der Waals surface area (Å²) < 4.78 is 11.1. The number of aryl methyl sites for hydroxylation is 2. The van der Waals surface area contributed by atoms with Gasteiger partial charge in [-0.15, -0.1) is 0 Å². The molecule has 1 aliphatic heterocycles. The Morgan fingerprint density at radius 3 is 2.38 bits per heavy atom. The van der Waals surface area contributed by atoms with E-state index in [1.165, 1.54) is 0 Å². The number of ketones is 1. The number of carbonyl (C=O) groups excluding carboxylic acids is 1. The molecule has 0 aromatic heterocycles. The summed E-state index contributed by atoms with van der Waals surface area (Å²) in [6.45, 7) is 6.38. The van der Waals surface area contributed by atoms with E-state index in [9.17, 15) is 9.90 Å². The van der Waals surface area contributed by atoms with E-state index in [1.54, 1.807) is 12.1 Å². The maximum atomic E-state index is 11.9. The van der Waals surface area contributed by atoms with Crippen LogP contribution in [0.25, 0.3) is 5.76 Å². The van der Waals surface area contributed by atoms with E-state index >= 15 is 0 Å². The molecule has 0 radical (unpaired) electrons. The van der Waals surface area contributed by atoms with E-state index < -0.39 is 0 Å². The van der Waals surface area contributed by atoms with Gasteiger partial charge in [-0.3, -0.25) is 4.79 Å². The number of benzene rings is 1. The van der Waals surface area contributed by atoms with Crippen molar-refractivity contribution in [1.82, 2.24) is 0 Å². The topological polar surface area (TPSA) is 55.8 Å². The molecule has 0 spiro atoms. The molecule has 21 heavy (non-hydrogen) atoms. The molecule has 0 saturated carbocycles. The van der Waals surface area contributed by atoms with Crippen LogP contribution in [0.2, 0.25) is 0 Å². The molecule has 2 aliphatic rings. The van der Waals surface area contributed by atoms with Crippen LogP contribution in [0.15, 0.2) is 28.9 Å². The van der Waals surface area contributed by atoms with Gasteiger partial charge in [-0.05, 0) is 44.0 Å². The van der Waals surface area contributed by atoms with Crippen LogP contribution >= 0.6 is 0 Å². The molecule has 0 atom stereocenters. The molecule has 4 heteroatoms. The lowest BCUT2D eigenvalue weighted by Crippen LogP contribution is -2.25. The van der Waals surface area contributed by atoms with Crippen LogP contribution in [0.3, 0.4) is 0 Å². The van der Waals surface area contributed by atoms with Gasteiger partial charge in [0.2, 0.25) is 0 Å². The number of hydrogen-bond acceptors (Lipinski definition) is 4. The maximum absolute atomic E-state index is 11.9. The first kappa shape index (κ1) is 13.9. The van der Waals surface area contributed by atoms with Crippen molar-refractivity contribution >= 4 is 11.5 Å². The van der Waals surface area contributed by atoms with Crippen molar-refractivity contribution < 1.29 is 19.4 Å². The summed E-state index contributed by atoms with van der Waals surface area (Å²) in [5, 5.41) is 9.69. The zero-order valence-electron chi connectivity index (χ0n) is 12.4. The summed E-state index contributed by atoms with van der Waals surface area (Å²) in [7, 11) is 0. The zero-order chi connectivity index (χ0) is 15.1. The van der Waals surface area contributed by atoms with Gasteiger partial charge in [0.25, 0.3) is 0 Å². The fourth-order valence-corrected chi connectivity index (χ4v) is 3.08. The Morgan fingerprint density at radius 1 is 1.14 bits per heavy atom. The lowest BCUT2D eigenvalue weighted by Gasteiger charge is -2.29. The normalized spacial score (nSPS) is 18.7. The van der Waals surface area contributed by atoms with E-state index in [-0.39, 0.29) is 18.3 Å². The van der Waals surface area contributed by atoms with Gasteiger partial charge in [-0.25, -0.2) is 0 Å². The van der Waals surface area contributed by atoms with E-state index in [0.717, 1.165) is 33.4 Å². The van der Waals surface area contributed by atoms with E-state index in [2.05, 4.69) is 0 Å². The fraction of sp³-hybridized carbons (Fsp3) is 0.353. The van der Waals surface area contributed by atoms with Crippen LogP contribution < -0.4 is 0 Å². The summed E-state index contributed by atoms with van der Waals surface area (Å²) in [5.41, 5.74) is 5.43.